The molecule has 1 fully saturated rings. The van der Waals surface area contributed by atoms with Gasteiger partial charge in [0.15, 0.2) is 18.1 Å². The molecule has 1 saturated heterocycles. The van der Waals surface area contributed by atoms with Crippen molar-refractivity contribution in [1.82, 2.24) is 19.9 Å². The van der Waals surface area contributed by atoms with Gasteiger partial charge in [0.05, 0.1) is 35.1 Å². The molecule has 4 heterocycles. The lowest BCUT2D eigenvalue weighted by Gasteiger charge is -2.33. The number of carbonyl (C=O) groups is 1. The van der Waals surface area contributed by atoms with Gasteiger partial charge in [0.25, 0.3) is 11.8 Å². The van der Waals surface area contributed by atoms with Crippen LogP contribution in [-0.4, -0.2) is 57.8 Å². The lowest BCUT2D eigenvalue weighted by atomic mass is 10.1. The van der Waals surface area contributed by atoms with Crippen molar-refractivity contribution in [2.24, 2.45) is 5.73 Å². The van der Waals surface area contributed by atoms with Gasteiger partial charge in [0, 0.05) is 25.3 Å². The molecule has 4 rings (SSSR count). The molecule has 1 amide bonds. The number of alkyl halides is 3. The standard InChI is InChI=1S/C22H24F3N9O2/c23-22(24,25)11-36-21-19(28)30-9-15(33-21)14-4-3-13(27)18(31-14)20(35)32-16-8-29-6-5-17(16)34-7-1-2-12(26)10-34/h3-6,8-9,12H,1-2,7,10-11,26-27H2,(H2,28,30)(H,32,35). The number of rotatable bonds is 6. The number of nitrogens with one attached hydrogen (secondary N) is 1. The number of piperidine rings is 1. The normalized spacial score (nSPS) is 16.0. The Kier molecular flexibility index (Phi) is 7.05. The number of pyridine rings is 2. The van der Waals surface area contributed by atoms with Crippen molar-refractivity contribution in [2.75, 3.05) is 41.4 Å². The molecule has 1 aliphatic rings. The molecule has 14 heteroatoms. The minimum Gasteiger partial charge on any atom is -0.465 e. The molecule has 7 N–H and O–H groups in total. The van der Waals surface area contributed by atoms with Crippen molar-refractivity contribution in [3.8, 4) is 17.3 Å². The predicted molar refractivity (Wildman–Crippen MR) is 127 cm³/mol. The Morgan fingerprint density at radius 2 is 1.97 bits per heavy atom. The summed E-state index contributed by atoms with van der Waals surface area (Å²) in [5.41, 5.74) is 19.0. The highest BCUT2D eigenvalue weighted by Crippen LogP contribution is 2.29. The first kappa shape index (κ1) is 24.9. The SMILES string of the molecule is Nc1ccc(-c2cnc(N)c(OCC(F)(F)F)n2)nc1C(=O)Nc1cnccc1N1CCCC(N)C1. The number of hydrogen-bond acceptors (Lipinski definition) is 10. The number of ether oxygens (including phenoxy) is 1. The summed E-state index contributed by atoms with van der Waals surface area (Å²) in [5, 5.41) is 2.78. The zero-order valence-electron chi connectivity index (χ0n) is 19.0. The van der Waals surface area contributed by atoms with Crippen LogP contribution in [0.5, 0.6) is 5.88 Å². The molecule has 11 nitrogen and oxygen atoms in total. The van der Waals surface area contributed by atoms with Gasteiger partial charge in [-0.15, -0.1) is 0 Å². The Bertz CT molecular complexity index is 1260. The maximum absolute atomic E-state index is 13.1. The molecule has 0 radical (unpaired) electrons. The lowest BCUT2D eigenvalue weighted by Crippen LogP contribution is -2.43. The van der Waals surface area contributed by atoms with E-state index in [0.29, 0.717) is 12.2 Å². The molecule has 190 valence electrons. The Morgan fingerprint density at radius 1 is 1.17 bits per heavy atom. The molecule has 1 unspecified atom stereocenters. The van der Waals surface area contributed by atoms with Crippen LogP contribution in [0.1, 0.15) is 23.3 Å². The zero-order chi connectivity index (χ0) is 25.9. The molecule has 36 heavy (non-hydrogen) atoms. The monoisotopic (exact) mass is 503 g/mol. The van der Waals surface area contributed by atoms with Gasteiger partial charge >= 0.3 is 6.18 Å². The van der Waals surface area contributed by atoms with Crippen LogP contribution in [0.3, 0.4) is 0 Å². The van der Waals surface area contributed by atoms with Gasteiger partial charge in [0.1, 0.15) is 5.69 Å². The van der Waals surface area contributed by atoms with Gasteiger partial charge in [-0.25, -0.2) is 15.0 Å². The summed E-state index contributed by atoms with van der Waals surface area (Å²) >= 11 is 0. The van der Waals surface area contributed by atoms with Gasteiger partial charge in [-0.3, -0.25) is 9.78 Å². The number of amides is 1. The smallest absolute Gasteiger partial charge is 0.422 e. The molecule has 3 aromatic rings. The molecule has 1 atom stereocenters. The Morgan fingerprint density at radius 3 is 2.72 bits per heavy atom. The van der Waals surface area contributed by atoms with Crippen molar-refractivity contribution in [3.63, 3.8) is 0 Å². The largest absolute Gasteiger partial charge is 0.465 e. The van der Waals surface area contributed by atoms with Gasteiger partial charge in [-0.1, -0.05) is 0 Å². The molecule has 3 aromatic heterocycles. The van der Waals surface area contributed by atoms with Crippen LogP contribution >= 0.6 is 0 Å². The number of nitrogen functional groups attached to an aromatic ring is 2. The van der Waals surface area contributed by atoms with Crippen molar-refractivity contribution >= 4 is 28.8 Å². The van der Waals surface area contributed by atoms with Crippen LogP contribution < -0.4 is 32.2 Å². The summed E-state index contributed by atoms with van der Waals surface area (Å²) < 4.78 is 42.2. The summed E-state index contributed by atoms with van der Waals surface area (Å²) in [6, 6.07) is 4.69. The fourth-order valence-electron chi connectivity index (χ4n) is 3.73. The fourth-order valence-corrected chi connectivity index (χ4v) is 3.73. The molecule has 0 spiro atoms. The number of nitrogens with zero attached hydrogens (tertiary/aromatic N) is 5. The number of nitrogens with two attached hydrogens (primary N) is 3. The molecule has 0 bridgehead atoms. The molecular formula is C22H24F3N9O2. The second-order valence-corrected chi connectivity index (χ2v) is 8.18. The van der Waals surface area contributed by atoms with E-state index in [1.54, 1.807) is 12.3 Å². The molecule has 0 aliphatic carbocycles. The summed E-state index contributed by atoms with van der Waals surface area (Å²) in [6.45, 7) is -0.171. The van der Waals surface area contributed by atoms with E-state index in [0.717, 1.165) is 25.1 Å². The second kappa shape index (κ2) is 10.2. The van der Waals surface area contributed by atoms with Crippen LogP contribution in [0.15, 0.2) is 36.8 Å². The van der Waals surface area contributed by atoms with E-state index < -0.39 is 24.6 Å². The number of hydrogen-bond donors (Lipinski definition) is 4. The van der Waals surface area contributed by atoms with E-state index in [2.05, 4.69) is 34.9 Å². The first-order chi connectivity index (χ1) is 17.1. The van der Waals surface area contributed by atoms with Gasteiger partial charge in [0.2, 0.25) is 0 Å². The van der Waals surface area contributed by atoms with Crippen molar-refractivity contribution in [2.45, 2.75) is 25.1 Å². The summed E-state index contributed by atoms with van der Waals surface area (Å²) in [6.07, 6.45) is 1.60. The Hall–Kier alpha value is -4.20. The molecular weight excluding hydrogens is 479 g/mol. The number of anilines is 4. The third kappa shape index (κ3) is 5.89. The second-order valence-electron chi connectivity index (χ2n) is 8.18. The van der Waals surface area contributed by atoms with Crippen molar-refractivity contribution in [1.29, 1.82) is 0 Å². The van der Waals surface area contributed by atoms with Crippen molar-refractivity contribution in [3.05, 3.63) is 42.5 Å². The van der Waals surface area contributed by atoms with E-state index in [1.165, 1.54) is 24.5 Å². The highest BCUT2D eigenvalue weighted by molar-refractivity contribution is 6.07. The van der Waals surface area contributed by atoms with Crippen LogP contribution in [-0.2, 0) is 0 Å². The minimum atomic E-state index is -4.58. The number of halogens is 3. The molecule has 0 aromatic carbocycles. The van der Waals surface area contributed by atoms with Crippen LogP contribution in [0.25, 0.3) is 11.4 Å². The average molecular weight is 503 g/mol. The first-order valence-corrected chi connectivity index (χ1v) is 11.0. The maximum Gasteiger partial charge on any atom is 0.422 e. The lowest BCUT2D eigenvalue weighted by molar-refractivity contribution is -0.154. The average Bonchev–Trinajstić information content (AvgIpc) is 2.83. The third-order valence-corrected chi connectivity index (χ3v) is 5.39. The van der Waals surface area contributed by atoms with E-state index in [9.17, 15) is 18.0 Å². The van der Waals surface area contributed by atoms with E-state index in [4.69, 9.17) is 17.2 Å². The van der Waals surface area contributed by atoms with E-state index >= 15 is 0 Å². The Balaban J connectivity index is 1.58. The Labute approximate surface area is 203 Å². The number of aromatic nitrogens is 4. The van der Waals surface area contributed by atoms with Crippen LogP contribution in [0.4, 0.5) is 36.1 Å². The van der Waals surface area contributed by atoms with Crippen molar-refractivity contribution < 1.29 is 22.7 Å². The van der Waals surface area contributed by atoms with Gasteiger partial charge < -0.3 is 32.2 Å². The summed E-state index contributed by atoms with van der Waals surface area (Å²) in [4.78, 5) is 31.3. The van der Waals surface area contributed by atoms with Gasteiger partial charge in [-0.05, 0) is 31.0 Å². The first-order valence-electron chi connectivity index (χ1n) is 11.0. The predicted octanol–water partition coefficient (Wildman–Crippen LogP) is 2.22. The summed E-state index contributed by atoms with van der Waals surface area (Å²) in [5.74, 6) is -1.44. The fraction of sp³-hybridized carbons (Fsp3) is 0.318. The highest BCUT2D eigenvalue weighted by Gasteiger charge is 2.29. The van der Waals surface area contributed by atoms with E-state index in [-0.39, 0.29) is 34.6 Å². The number of carbonyl (C=O) groups excluding carboxylic acids is 1. The maximum atomic E-state index is 13.1. The molecule has 1 aliphatic heterocycles. The van der Waals surface area contributed by atoms with Crippen LogP contribution in [0, 0.1) is 0 Å². The highest BCUT2D eigenvalue weighted by atomic mass is 19.4. The third-order valence-electron chi connectivity index (χ3n) is 5.39. The zero-order valence-corrected chi connectivity index (χ0v) is 19.0. The van der Waals surface area contributed by atoms with Crippen LogP contribution in [0.2, 0.25) is 0 Å². The quantitative estimate of drug-likeness (QED) is 0.391. The minimum absolute atomic E-state index is 0.0236. The topological polar surface area (TPSA) is 171 Å². The van der Waals surface area contributed by atoms with Gasteiger partial charge in [-0.2, -0.15) is 13.2 Å². The van der Waals surface area contributed by atoms with E-state index in [1.807, 2.05) is 0 Å². The summed E-state index contributed by atoms with van der Waals surface area (Å²) in [7, 11) is 0. The molecule has 0 saturated carbocycles.